The Bertz CT molecular complexity index is 1110. The lowest BCUT2D eigenvalue weighted by molar-refractivity contribution is -0.149. The molecule has 160 valence electrons. The molecule has 4 rings (SSSR count). The molecule has 0 aliphatic carbocycles. The number of anilines is 2. The summed E-state index contributed by atoms with van der Waals surface area (Å²) < 4.78 is 18.9. The molecule has 0 bridgehead atoms. The zero-order valence-corrected chi connectivity index (χ0v) is 17.1. The van der Waals surface area contributed by atoms with Crippen molar-refractivity contribution in [2.75, 3.05) is 16.8 Å². The maximum Gasteiger partial charge on any atom is 0.314 e. The number of hydrogen-bond donors (Lipinski definition) is 1. The SMILES string of the molecule is CC(=O)N1CCc2cc(C(=O)[C@@H](C)OC(=O)[C@H]3CC(=O)Nc4cc(F)ccc43)ccc21. The van der Waals surface area contributed by atoms with Gasteiger partial charge in [-0.3, -0.25) is 19.2 Å². The van der Waals surface area contributed by atoms with Crippen molar-refractivity contribution in [3.63, 3.8) is 0 Å². The molecule has 0 spiro atoms. The fourth-order valence-electron chi connectivity index (χ4n) is 4.07. The summed E-state index contributed by atoms with van der Waals surface area (Å²) in [6.45, 7) is 3.54. The Morgan fingerprint density at radius 2 is 1.97 bits per heavy atom. The van der Waals surface area contributed by atoms with Crippen LogP contribution in [0.1, 0.15) is 47.7 Å². The highest BCUT2D eigenvalue weighted by Gasteiger charge is 2.34. The van der Waals surface area contributed by atoms with Crippen LogP contribution in [-0.2, 0) is 25.5 Å². The van der Waals surface area contributed by atoms with Crippen molar-refractivity contribution in [3.05, 3.63) is 58.9 Å². The first-order valence-electron chi connectivity index (χ1n) is 9.99. The molecule has 31 heavy (non-hydrogen) atoms. The number of benzene rings is 2. The topological polar surface area (TPSA) is 92.8 Å². The second kappa shape index (κ2) is 7.94. The second-order valence-corrected chi connectivity index (χ2v) is 7.74. The summed E-state index contributed by atoms with van der Waals surface area (Å²) in [6, 6.07) is 8.84. The summed E-state index contributed by atoms with van der Waals surface area (Å²) in [4.78, 5) is 50.9. The van der Waals surface area contributed by atoms with E-state index in [0.717, 1.165) is 17.3 Å². The van der Waals surface area contributed by atoms with Gasteiger partial charge < -0.3 is 15.0 Å². The molecule has 0 unspecified atom stereocenters. The molecule has 2 aliphatic rings. The molecule has 7 nitrogen and oxygen atoms in total. The first-order valence-corrected chi connectivity index (χ1v) is 9.99. The number of fused-ring (bicyclic) bond motifs is 2. The highest BCUT2D eigenvalue weighted by molar-refractivity contribution is 6.03. The monoisotopic (exact) mass is 424 g/mol. The van der Waals surface area contributed by atoms with Gasteiger partial charge in [-0.1, -0.05) is 6.07 Å². The van der Waals surface area contributed by atoms with E-state index in [9.17, 15) is 23.6 Å². The quantitative estimate of drug-likeness (QED) is 0.602. The number of esters is 1. The number of rotatable bonds is 4. The average Bonchev–Trinajstić information content (AvgIpc) is 3.15. The summed E-state index contributed by atoms with van der Waals surface area (Å²) in [6.07, 6.45) is -0.558. The fraction of sp³-hybridized carbons (Fsp3) is 0.304. The van der Waals surface area contributed by atoms with Gasteiger partial charge in [0.15, 0.2) is 6.10 Å². The van der Waals surface area contributed by atoms with Gasteiger partial charge >= 0.3 is 5.97 Å². The van der Waals surface area contributed by atoms with Crippen LogP contribution in [0.2, 0.25) is 0 Å². The number of halogens is 1. The van der Waals surface area contributed by atoms with Gasteiger partial charge in [-0.2, -0.15) is 0 Å². The standard InChI is InChI=1S/C23H21FN2O5/c1-12(22(29)15-3-6-20-14(9-15)7-8-26(20)13(2)27)31-23(30)18-11-21(28)25-19-10-16(24)4-5-17(18)19/h3-6,9-10,12,18H,7-8,11H2,1-2H3,(H,25,28)/t12-,18+/m1/s1. The number of amides is 2. The summed E-state index contributed by atoms with van der Waals surface area (Å²) in [7, 11) is 0. The van der Waals surface area contributed by atoms with E-state index < -0.39 is 29.7 Å². The number of Topliss-reactive ketones (excluding diaryl/α,β-unsaturated/α-hetero) is 1. The molecule has 0 saturated carbocycles. The predicted molar refractivity (Wildman–Crippen MR) is 110 cm³/mol. The van der Waals surface area contributed by atoms with Crippen molar-refractivity contribution in [3.8, 4) is 0 Å². The third kappa shape index (κ3) is 3.93. The Morgan fingerprint density at radius 3 is 2.71 bits per heavy atom. The van der Waals surface area contributed by atoms with Gasteiger partial charge in [0.1, 0.15) is 5.82 Å². The van der Waals surface area contributed by atoms with Gasteiger partial charge in [-0.05, 0) is 54.8 Å². The van der Waals surface area contributed by atoms with Crippen molar-refractivity contribution in [2.45, 2.75) is 38.7 Å². The lowest BCUT2D eigenvalue weighted by atomic mass is 9.90. The minimum Gasteiger partial charge on any atom is -0.454 e. The van der Waals surface area contributed by atoms with E-state index in [-0.39, 0.29) is 23.8 Å². The first kappa shape index (κ1) is 20.7. The van der Waals surface area contributed by atoms with Crippen molar-refractivity contribution < 1.29 is 28.3 Å². The lowest BCUT2D eigenvalue weighted by Crippen LogP contribution is -2.32. The minimum absolute atomic E-state index is 0.0585. The molecule has 0 saturated heterocycles. The van der Waals surface area contributed by atoms with Crippen LogP contribution >= 0.6 is 0 Å². The summed E-state index contributed by atoms with van der Waals surface area (Å²) in [5, 5.41) is 2.54. The molecule has 0 fully saturated rings. The number of carbonyl (C=O) groups is 4. The number of hydrogen-bond acceptors (Lipinski definition) is 5. The lowest BCUT2D eigenvalue weighted by Gasteiger charge is -2.25. The highest BCUT2D eigenvalue weighted by atomic mass is 19.1. The van der Waals surface area contributed by atoms with Crippen LogP contribution in [0.25, 0.3) is 0 Å². The summed E-state index contributed by atoms with van der Waals surface area (Å²) >= 11 is 0. The van der Waals surface area contributed by atoms with E-state index in [0.29, 0.717) is 24.1 Å². The van der Waals surface area contributed by atoms with Gasteiger partial charge in [0.2, 0.25) is 17.6 Å². The molecule has 2 heterocycles. The smallest absolute Gasteiger partial charge is 0.314 e. The normalized spacial score (nSPS) is 18.0. The van der Waals surface area contributed by atoms with Crippen molar-refractivity contribution in [2.24, 2.45) is 0 Å². The van der Waals surface area contributed by atoms with Crippen LogP contribution < -0.4 is 10.2 Å². The van der Waals surface area contributed by atoms with E-state index >= 15 is 0 Å². The minimum atomic E-state index is -1.07. The van der Waals surface area contributed by atoms with Crippen LogP contribution in [0.15, 0.2) is 36.4 Å². The van der Waals surface area contributed by atoms with Crippen LogP contribution in [0.4, 0.5) is 15.8 Å². The maximum absolute atomic E-state index is 13.5. The van der Waals surface area contributed by atoms with E-state index in [2.05, 4.69) is 5.32 Å². The molecule has 0 radical (unpaired) electrons. The molecule has 2 aliphatic heterocycles. The maximum atomic E-state index is 13.5. The molecule has 0 aromatic heterocycles. The zero-order valence-electron chi connectivity index (χ0n) is 17.1. The van der Waals surface area contributed by atoms with Crippen LogP contribution in [0, 0.1) is 5.82 Å². The number of ether oxygens (including phenoxy) is 1. The molecular formula is C23H21FN2O5. The summed E-state index contributed by atoms with van der Waals surface area (Å²) in [5.41, 5.74) is 2.73. The van der Waals surface area contributed by atoms with Crippen molar-refractivity contribution in [1.82, 2.24) is 0 Å². The van der Waals surface area contributed by atoms with Gasteiger partial charge in [0, 0.05) is 36.8 Å². The Hall–Kier alpha value is -3.55. The highest BCUT2D eigenvalue weighted by Crippen LogP contribution is 2.34. The molecule has 2 aromatic carbocycles. The largest absolute Gasteiger partial charge is 0.454 e. The summed E-state index contributed by atoms with van der Waals surface area (Å²) in [5.74, 6) is -3.02. The number of ketones is 1. The molecule has 2 amide bonds. The van der Waals surface area contributed by atoms with E-state index in [1.807, 2.05) is 0 Å². The second-order valence-electron chi connectivity index (χ2n) is 7.74. The third-order valence-corrected chi connectivity index (χ3v) is 5.64. The van der Waals surface area contributed by atoms with Crippen LogP contribution in [0.5, 0.6) is 0 Å². The number of carbonyl (C=O) groups excluding carboxylic acids is 4. The Balaban J connectivity index is 1.49. The third-order valence-electron chi connectivity index (χ3n) is 5.64. The molecule has 1 N–H and O–H groups in total. The number of nitrogens with one attached hydrogen (secondary N) is 1. The van der Waals surface area contributed by atoms with Crippen molar-refractivity contribution >= 4 is 34.9 Å². The van der Waals surface area contributed by atoms with Gasteiger partial charge in [-0.15, -0.1) is 0 Å². The first-order chi connectivity index (χ1) is 14.7. The zero-order chi connectivity index (χ0) is 22.3. The van der Waals surface area contributed by atoms with E-state index in [4.69, 9.17) is 4.74 Å². The molecule has 2 atom stereocenters. The average molecular weight is 424 g/mol. The molecule has 2 aromatic rings. The van der Waals surface area contributed by atoms with Gasteiger partial charge in [0.25, 0.3) is 0 Å². The Labute approximate surface area is 178 Å². The predicted octanol–water partition coefficient (Wildman–Crippen LogP) is 2.98. The molecular weight excluding hydrogens is 403 g/mol. The Kier molecular flexibility index (Phi) is 5.31. The van der Waals surface area contributed by atoms with E-state index in [1.165, 1.54) is 26.0 Å². The van der Waals surface area contributed by atoms with Crippen LogP contribution in [-0.4, -0.2) is 36.2 Å². The van der Waals surface area contributed by atoms with Crippen LogP contribution in [0.3, 0.4) is 0 Å². The van der Waals surface area contributed by atoms with Gasteiger partial charge in [-0.25, -0.2) is 4.39 Å². The van der Waals surface area contributed by atoms with Crippen molar-refractivity contribution in [1.29, 1.82) is 0 Å². The Morgan fingerprint density at radius 1 is 1.19 bits per heavy atom. The van der Waals surface area contributed by atoms with E-state index in [1.54, 1.807) is 23.1 Å². The molecule has 8 heteroatoms. The fourth-order valence-corrected chi connectivity index (χ4v) is 4.07. The van der Waals surface area contributed by atoms with Gasteiger partial charge in [0.05, 0.1) is 5.92 Å². The number of nitrogens with zero attached hydrogens (tertiary/aromatic N) is 1.